The molecule has 128 valence electrons. The number of carbonyl (C=O) groups is 2. The molecule has 2 amide bonds. The van der Waals surface area contributed by atoms with Crippen molar-refractivity contribution in [3.63, 3.8) is 0 Å². The number of fused-ring (bicyclic) bond motifs is 1. The highest BCUT2D eigenvalue weighted by molar-refractivity contribution is 7.20. The number of hydrogen-bond acceptors (Lipinski definition) is 5. The van der Waals surface area contributed by atoms with Crippen molar-refractivity contribution in [1.29, 1.82) is 0 Å². The van der Waals surface area contributed by atoms with E-state index < -0.39 is 5.91 Å². The van der Waals surface area contributed by atoms with Crippen molar-refractivity contribution < 1.29 is 19.5 Å². The summed E-state index contributed by atoms with van der Waals surface area (Å²) in [6.45, 7) is 0.366. The van der Waals surface area contributed by atoms with Gasteiger partial charge in [-0.2, -0.15) is 0 Å². The molecule has 0 atom stereocenters. The highest BCUT2D eigenvalue weighted by Crippen LogP contribution is 2.26. The number of carbonyl (C=O) groups excluding carboxylic acids is 2. The molecule has 1 heterocycles. The normalized spacial score (nSPS) is 10.5. The Morgan fingerprint density at radius 1 is 1.12 bits per heavy atom. The van der Waals surface area contributed by atoms with Gasteiger partial charge in [0, 0.05) is 16.8 Å². The molecule has 0 aliphatic rings. The maximum atomic E-state index is 12.2. The molecule has 3 rings (SSSR count). The Balaban J connectivity index is 1.72. The lowest BCUT2D eigenvalue weighted by Crippen LogP contribution is -2.22. The average Bonchev–Trinajstić information content (AvgIpc) is 3.08. The standard InChI is InChI=1S/C18H16N2O4S/c1-24-14-4-2-3-13(8-14)17(21)19-10-11-5-6-12-9-16(18(22)20-23)25-15(12)7-11/h2-9,23H,10H2,1H3,(H,19,21)(H,20,22). The summed E-state index contributed by atoms with van der Waals surface area (Å²) in [4.78, 5) is 24.1. The maximum absolute atomic E-state index is 12.2. The zero-order valence-electron chi connectivity index (χ0n) is 13.4. The topological polar surface area (TPSA) is 87.7 Å². The third-order valence-electron chi connectivity index (χ3n) is 3.69. The molecule has 2 aromatic carbocycles. The molecule has 25 heavy (non-hydrogen) atoms. The molecule has 0 unspecified atom stereocenters. The Kier molecular flexibility index (Phi) is 4.97. The summed E-state index contributed by atoms with van der Waals surface area (Å²) < 4.78 is 6.03. The van der Waals surface area contributed by atoms with Crippen LogP contribution >= 0.6 is 11.3 Å². The van der Waals surface area contributed by atoms with Gasteiger partial charge in [-0.05, 0) is 41.3 Å². The summed E-state index contributed by atoms with van der Waals surface area (Å²) >= 11 is 1.28. The lowest BCUT2D eigenvalue weighted by atomic mass is 10.1. The van der Waals surface area contributed by atoms with E-state index >= 15 is 0 Å². The Labute approximate surface area is 148 Å². The molecule has 0 aliphatic heterocycles. The van der Waals surface area contributed by atoms with Crippen molar-refractivity contribution in [2.24, 2.45) is 0 Å². The molecule has 0 radical (unpaired) electrons. The Hall–Kier alpha value is -2.90. The Bertz CT molecular complexity index is 936. The number of methoxy groups -OCH3 is 1. The first-order valence-electron chi connectivity index (χ1n) is 7.50. The van der Waals surface area contributed by atoms with Crippen LogP contribution in [0.25, 0.3) is 10.1 Å². The van der Waals surface area contributed by atoms with E-state index in [0.717, 1.165) is 15.6 Å². The van der Waals surface area contributed by atoms with E-state index in [0.29, 0.717) is 22.7 Å². The van der Waals surface area contributed by atoms with Gasteiger partial charge in [0.05, 0.1) is 12.0 Å². The smallest absolute Gasteiger partial charge is 0.284 e. The summed E-state index contributed by atoms with van der Waals surface area (Å²) in [7, 11) is 1.55. The largest absolute Gasteiger partial charge is 0.497 e. The van der Waals surface area contributed by atoms with Crippen LogP contribution in [0.1, 0.15) is 25.6 Å². The van der Waals surface area contributed by atoms with Crippen molar-refractivity contribution in [2.75, 3.05) is 7.11 Å². The first kappa shape index (κ1) is 16.9. The van der Waals surface area contributed by atoms with Gasteiger partial charge in [0.2, 0.25) is 0 Å². The molecular weight excluding hydrogens is 340 g/mol. The number of hydrogen-bond donors (Lipinski definition) is 3. The fourth-order valence-corrected chi connectivity index (χ4v) is 3.42. The minimum absolute atomic E-state index is 0.189. The van der Waals surface area contributed by atoms with Crippen LogP contribution < -0.4 is 15.5 Å². The summed E-state index contributed by atoms with van der Waals surface area (Å²) in [5.41, 5.74) is 3.07. The average molecular weight is 356 g/mol. The van der Waals surface area contributed by atoms with Crippen molar-refractivity contribution >= 4 is 33.2 Å². The summed E-state index contributed by atoms with van der Waals surface area (Å²) in [5, 5.41) is 12.5. The van der Waals surface area contributed by atoms with Gasteiger partial charge < -0.3 is 10.1 Å². The number of benzene rings is 2. The molecule has 3 N–H and O–H groups in total. The molecule has 1 aromatic heterocycles. The van der Waals surface area contributed by atoms with Gasteiger partial charge in [-0.1, -0.05) is 18.2 Å². The number of thiophene rings is 1. The fourth-order valence-electron chi connectivity index (χ4n) is 2.40. The van der Waals surface area contributed by atoms with E-state index in [4.69, 9.17) is 9.94 Å². The monoisotopic (exact) mass is 356 g/mol. The molecule has 0 bridgehead atoms. The van der Waals surface area contributed by atoms with Crippen molar-refractivity contribution in [2.45, 2.75) is 6.54 Å². The van der Waals surface area contributed by atoms with Crippen molar-refractivity contribution in [1.82, 2.24) is 10.8 Å². The highest BCUT2D eigenvalue weighted by atomic mass is 32.1. The van der Waals surface area contributed by atoms with Gasteiger partial charge in [-0.15, -0.1) is 11.3 Å². The van der Waals surface area contributed by atoms with Crippen LogP contribution in [-0.4, -0.2) is 24.1 Å². The minimum atomic E-state index is -0.533. The number of ether oxygens (including phenoxy) is 1. The van der Waals surface area contributed by atoms with E-state index in [-0.39, 0.29) is 5.91 Å². The van der Waals surface area contributed by atoms with Crippen molar-refractivity contribution in [3.05, 3.63) is 64.5 Å². The van der Waals surface area contributed by atoms with E-state index in [1.54, 1.807) is 42.9 Å². The zero-order valence-corrected chi connectivity index (χ0v) is 14.2. The van der Waals surface area contributed by atoms with E-state index in [1.807, 2.05) is 18.2 Å². The lowest BCUT2D eigenvalue weighted by Gasteiger charge is -2.07. The predicted molar refractivity (Wildman–Crippen MR) is 95.2 cm³/mol. The molecule has 0 spiro atoms. The molecule has 0 fully saturated rings. The first-order chi connectivity index (χ1) is 12.1. The third-order valence-corrected chi connectivity index (χ3v) is 4.79. The van der Waals surface area contributed by atoms with E-state index in [2.05, 4.69) is 5.32 Å². The number of rotatable bonds is 5. The number of hydroxylamine groups is 1. The van der Waals surface area contributed by atoms with Gasteiger partial charge in [-0.25, -0.2) is 5.48 Å². The van der Waals surface area contributed by atoms with Gasteiger partial charge in [0.1, 0.15) is 5.75 Å². The summed E-state index contributed by atoms with van der Waals surface area (Å²) in [5.74, 6) is -0.0954. The van der Waals surface area contributed by atoms with Crippen molar-refractivity contribution in [3.8, 4) is 5.75 Å². The fraction of sp³-hybridized carbons (Fsp3) is 0.111. The SMILES string of the molecule is COc1cccc(C(=O)NCc2ccc3cc(C(=O)NO)sc3c2)c1. The van der Waals surface area contributed by atoms with Crippen LogP contribution in [0, 0.1) is 0 Å². The lowest BCUT2D eigenvalue weighted by molar-refractivity contribution is 0.0711. The van der Waals surface area contributed by atoms with Gasteiger partial charge in [0.15, 0.2) is 0 Å². The van der Waals surface area contributed by atoms with Crippen LogP contribution in [0.2, 0.25) is 0 Å². The van der Waals surface area contributed by atoms with Crippen LogP contribution in [-0.2, 0) is 6.54 Å². The molecular formula is C18H16N2O4S. The summed E-state index contributed by atoms with van der Waals surface area (Å²) in [6, 6.07) is 14.3. The first-order valence-corrected chi connectivity index (χ1v) is 8.31. The molecule has 0 saturated heterocycles. The molecule has 0 aliphatic carbocycles. The molecule has 6 nitrogen and oxygen atoms in total. The number of nitrogens with one attached hydrogen (secondary N) is 2. The van der Waals surface area contributed by atoms with Crippen LogP contribution in [0.15, 0.2) is 48.5 Å². The predicted octanol–water partition coefficient (Wildman–Crippen LogP) is 2.96. The Morgan fingerprint density at radius 2 is 1.96 bits per heavy atom. The summed E-state index contributed by atoms with van der Waals surface area (Å²) in [6.07, 6.45) is 0. The van der Waals surface area contributed by atoms with Crippen LogP contribution in [0.4, 0.5) is 0 Å². The quantitative estimate of drug-likeness (QED) is 0.484. The molecule has 3 aromatic rings. The van der Waals surface area contributed by atoms with E-state index in [9.17, 15) is 9.59 Å². The zero-order chi connectivity index (χ0) is 17.8. The molecule has 7 heteroatoms. The second kappa shape index (κ2) is 7.33. The minimum Gasteiger partial charge on any atom is -0.497 e. The molecule has 0 saturated carbocycles. The maximum Gasteiger partial charge on any atom is 0.284 e. The Morgan fingerprint density at radius 3 is 2.72 bits per heavy atom. The second-order valence-electron chi connectivity index (χ2n) is 5.34. The van der Waals surface area contributed by atoms with E-state index in [1.165, 1.54) is 11.3 Å². The van der Waals surface area contributed by atoms with Gasteiger partial charge >= 0.3 is 0 Å². The third kappa shape index (κ3) is 3.78. The van der Waals surface area contributed by atoms with Gasteiger partial charge in [-0.3, -0.25) is 14.8 Å². The highest BCUT2D eigenvalue weighted by Gasteiger charge is 2.10. The second-order valence-corrected chi connectivity index (χ2v) is 6.42. The van der Waals surface area contributed by atoms with Gasteiger partial charge in [0.25, 0.3) is 11.8 Å². The van der Waals surface area contributed by atoms with Crippen LogP contribution in [0.3, 0.4) is 0 Å². The van der Waals surface area contributed by atoms with Crippen LogP contribution in [0.5, 0.6) is 5.75 Å². The number of amides is 2.